The van der Waals surface area contributed by atoms with Crippen LogP contribution in [-0.4, -0.2) is 31.6 Å². The molecule has 0 unspecified atom stereocenters. The van der Waals surface area contributed by atoms with E-state index in [0.29, 0.717) is 6.54 Å². The molecule has 0 bridgehead atoms. The molecule has 0 radical (unpaired) electrons. The van der Waals surface area contributed by atoms with Gasteiger partial charge in [-0.1, -0.05) is 31.4 Å². The van der Waals surface area contributed by atoms with Crippen molar-refractivity contribution in [3.8, 4) is 0 Å². The molecule has 1 N–H and O–H groups in total. The predicted molar refractivity (Wildman–Crippen MR) is 55.6 cm³/mol. The van der Waals surface area contributed by atoms with E-state index in [1.165, 1.54) is 0 Å². The van der Waals surface area contributed by atoms with Crippen molar-refractivity contribution in [2.45, 2.75) is 0 Å². The molecule has 0 saturated carbocycles. The zero-order chi connectivity index (χ0) is 10.3. The zero-order valence-corrected chi connectivity index (χ0v) is 8.21. The van der Waals surface area contributed by atoms with Crippen molar-refractivity contribution in [2.24, 2.45) is 0 Å². The number of carbonyl (C=O) groups excluding carboxylic acids is 1. The molecule has 3 heteroatoms. The van der Waals surface area contributed by atoms with E-state index in [1.54, 1.807) is 31.1 Å². The molecule has 2 amide bonds. The van der Waals surface area contributed by atoms with Crippen molar-refractivity contribution in [3.05, 3.63) is 37.0 Å². The number of likely N-dealkylation sites (N-methyl/N-ethyl adjacent to an activating group) is 1. The Morgan fingerprint density at radius 2 is 2.15 bits per heavy atom. The van der Waals surface area contributed by atoms with E-state index in [1.807, 2.05) is 6.08 Å². The molecular formula is C10H16N2O. The second-order valence-electron chi connectivity index (χ2n) is 2.59. The molecule has 0 aromatic carbocycles. The van der Waals surface area contributed by atoms with E-state index in [0.717, 1.165) is 5.57 Å². The fourth-order valence-electron chi connectivity index (χ4n) is 0.873. The maximum atomic E-state index is 11.1. The van der Waals surface area contributed by atoms with Gasteiger partial charge in [-0.15, -0.1) is 0 Å². The van der Waals surface area contributed by atoms with Crippen molar-refractivity contribution in [2.75, 3.05) is 20.6 Å². The average molecular weight is 180 g/mol. The Morgan fingerprint density at radius 3 is 2.54 bits per heavy atom. The summed E-state index contributed by atoms with van der Waals surface area (Å²) in [5.74, 6) is 0. The van der Waals surface area contributed by atoms with E-state index < -0.39 is 0 Å². The Balaban J connectivity index is 4.24. The summed E-state index contributed by atoms with van der Waals surface area (Å²) < 4.78 is 0. The number of nitrogens with zero attached hydrogens (tertiary/aromatic N) is 1. The third-order valence-electron chi connectivity index (χ3n) is 1.57. The average Bonchev–Trinajstić information content (AvgIpc) is 2.15. The van der Waals surface area contributed by atoms with Crippen molar-refractivity contribution >= 4 is 6.03 Å². The van der Waals surface area contributed by atoms with Crippen molar-refractivity contribution in [1.29, 1.82) is 0 Å². The predicted octanol–water partition coefficient (Wildman–Crippen LogP) is 1.56. The molecule has 3 nitrogen and oxygen atoms in total. The van der Waals surface area contributed by atoms with Crippen LogP contribution in [0.25, 0.3) is 0 Å². The van der Waals surface area contributed by atoms with Crippen LogP contribution in [0.2, 0.25) is 0 Å². The number of carbonyl (C=O) groups is 1. The van der Waals surface area contributed by atoms with E-state index in [4.69, 9.17) is 0 Å². The normalized spacial score (nSPS) is 10.5. The molecule has 0 aliphatic rings. The Kier molecular flexibility index (Phi) is 5.35. The van der Waals surface area contributed by atoms with Crippen molar-refractivity contribution in [1.82, 2.24) is 10.2 Å². The lowest BCUT2D eigenvalue weighted by Crippen LogP contribution is -2.35. The third kappa shape index (κ3) is 4.15. The summed E-state index contributed by atoms with van der Waals surface area (Å²) in [6, 6.07) is -0.114. The smallest absolute Gasteiger partial charge is 0.317 e. The summed E-state index contributed by atoms with van der Waals surface area (Å²) in [7, 11) is 3.32. The Bertz CT molecular complexity index is 231. The fourth-order valence-corrected chi connectivity index (χ4v) is 0.873. The minimum absolute atomic E-state index is 0.114. The van der Waals surface area contributed by atoms with E-state index in [9.17, 15) is 4.79 Å². The van der Waals surface area contributed by atoms with Gasteiger partial charge in [0.25, 0.3) is 0 Å². The molecular weight excluding hydrogens is 164 g/mol. The Labute approximate surface area is 79.4 Å². The standard InChI is InChI=1S/C10H16N2O/c1-5-7-9(6-2)8-12(4)10(13)11-3/h5-7H,1-2,8H2,3-4H3,(H,11,13)/b9-7+. The van der Waals surface area contributed by atoms with Crippen LogP contribution >= 0.6 is 0 Å². The van der Waals surface area contributed by atoms with Gasteiger partial charge < -0.3 is 10.2 Å². The number of hydrogen-bond donors (Lipinski definition) is 1. The third-order valence-corrected chi connectivity index (χ3v) is 1.57. The summed E-state index contributed by atoms with van der Waals surface area (Å²) in [5.41, 5.74) is 0.959. The summed E-state index contributed by atoms with van der Waals surface area (Å²) in [5, 5.41) is 2.54. The lowest BCUT2D eigenvalue weighted by molar-refractivity contribution is 0.215. The molecule has 0 spiro atoms. The van der Waals surface area contributed by atoms with Crippen LogP contribution in [0.1, 0.15) is 0 Å². The SMILES string of the molecule is C=C/C=C(\C=C)CN(C)C(=O)NC. The zero-order valence-electron chi connectivity index (χ0n) is 8.21. The van der Waals surface area contributed by atoms with Crippen molar-refractivity contribution in [3.63, 3.8) is 0 Å². The number of amides is 2. The highest BCUT2D eigenvalue weighted by Crippen LogP contribution is 1.99. The first-order valence-corrected chi connectivity index (χ1v) is 4.02. The molecule has 13 heavy (non-hydrogen) atoms. The van der Waals surface area contributed by atoms with Crippen molar-refractivity contribution < 1.29 is 4.79 Å². The highest BCUT2D eigenvalue weighted by atomic mass is 16.2. The molecule has 0 fully saturated rings. The lowest BCUT2D eigenvalue weighted by Gasteiger charge is -2.16. The maximum absolute atomic E-state index is 11.1. The first-order valence-electron chi connectivity index (χ1n) is 4.02. The van der Waals surface area contributed by atoms with E-state index in [2.05, 4.69) is 18.5 Å². The van der Waals surface area contributed by atoms with Gasteiger partial charge in [0.1, 0.15) is 0 Å². The van der Waals surface area contributed by atoms with E-state index in [-0.39, 0.29) is 6.03 Å². The molecule has 0 aliphatic carbocycles. The van der Waals surface area contributed by atoms with Gasteiger partial charge in [-0.3, -0.25) is 0 Å². The first kappa shape index (κ1) is 11.5. The van der Waals surface area contributed by atoms with Crippen LogP contribution in [-0.2, 0) is 0 Å². The second kappa shape index (κ2) is 6.06. The van der Waals surface area contributed by atoms with Gasteiger partial charge in [0.05, 0.1) is 0 Å². The van der Waals surface area contributed by atoms with Crippen LogP contribution in [0.15, 0.2) is 37.0 Å². The summed E-state index contributed by atoms with van der Waals surface area (Å²) in [6.07, 6.45) is 5.21. The minimum atomic E-state index is -0.114. The number of urea groups is 1. The van der Waals surface area contributed by atoms with Gasteiger partial charge >= 0.3 is 6.03 Å². The van der Waals surface area contributed by atoms with Crippen LogP contribution in [0.3, 0.4) is 0 Å². The summed E-state index contributed by atoms with van der Waals surface area (Å²) in [6.45, 7) is 7.76. The molecule has 0 saturated heterocycles. The second-order valence-corrected chi connectivity index (χ2v) is 2.59. The molecule has 0 aromatic heterocycles. The molecule has 0 aliphatic heterocycles. The van der Waals surface area contributed by atoms with Gasteiger partial charge in [0.2, 0.25) is 0 Å². The van der Waals surface area contributed by atoms with Crippen LogP contribution in [0.4, 0.5) is 4.79 Å². The van der Waals surface area contributed by atoms with Gasteiger partial charge in [0.15, 0.2) is 0 Å². The summed E-state index contributed by atoms with van der Waals surface area (Å²) >= 11 is 0. The van der Waals surface area contributed by atoms with Crippen LogP contribution < -0.4 is 5.32 Å². The van der Waals surface area contributed by atoms with E-state index >= 15 is 0 Å². The molecule has 0 atom stereocenters. The largest absolute Gasteiger partial charge is 0.341 e. The Morgan fingerprint density at radius 1 is 1.54 bits per heavy atom. The molecule has 0 rings (SSSR count). The topological polar surface area (TPSA) is 32.3 Å². The minimum Gasteiger partial charge on any atom is -0.341 e. The number of allylic oxidation sites excluding steroid dienone is 2. The van der Waals surface area contributed by atoms with Gasteiger partial charge in [-0.2, -0.15) is 0 Å². The quantitative estimate of drug-likeness (QED) is 0.654. The number of hydrogen-bond acceptors (Lipinski definition) is 1. The highest BCUT2D eigenvalue weighted by Gasteiger charge is 2.05. The lowest BCUT2D eigenvalue weighted by atomic mass is 10.2. The van der Waals surface area contributed by atoms with Crippen LogP contribution in [0, 0.1) is 0 Å². The fraction of sp³-hybridized carbons (Fsp3) is 0.300. The molecule has 0 heterocycles. The van der Waals surface area contributed by atoms with Gasteiger partial charge in [-0.25, -0.2) is 4.79 Å². The first-order chi connectivity index (χ1) is 6.15. The molecule has 72 valence electrons. The highest BCUT2D eigenvalue weighted by molar-refractivity contribution is 5.73. The maximum Gasteiger partial charge on any atom is 0.317 e. The van der Waals surface area contributed by atoms with Gasteiger partial charge in [-0.05, 0) is 5.57 Å². The number of nitrogens with one attached hydrogen (secondary N) is 1. The number of rotatable bonds is 4. The van der Waals surface area contributed by atoms with Gasteiger partial charge in [0, 0.05) is 20.6 Å². The monoisotopic (exact) mass is 180 g/mol. The van der Waals surface area contributed by atoms with Crippen LogP contribution in [0.5, 0.6) is 0 Å². The molecule has 0 aromatic rings. The Hall–Kier alpha value is -1.51. The summed E-state index contributed by atoms with van der Waals surface area (Å²) in [4.78, 5) is 12.7.